The maximum absolute atomic E-state index is 5.59. The van der Waals surface area contributed by atoms with Gasteiger partial charge in [0, 0.05) is 42.4 Å². The molecule has 0 bridgehead atoms. The van der Waals surface area contributed by atoms with Gasteiger partial charge in [-0.1, -0.05) is 6.07 Å². The van der Waals surface area contributed by atoms with E-state index in [0.717, 1.165) is 41.3 Å². The second kappa shape index (κ2) is 5.58. The zero-order valence-corrected chi connectivity index (χ0v) is 13.2. The van der Waals surface area contributed by atoms with Crippen molar-refractivity contribution in [2.45, 2.75) is 19.4 Å². The van der Waals surface area contributed by atoms with E-state index in [1.165, 1.54) is 0 Å². The van der Waals surface area contributed by atoms with E-state index in [9.17, 15) is 0 Å². The van der Waals surface area contributed by atoms with Gasteiger partial charge in [0.2, 0.25) is 0 Å². The second-order valence-electron chi connectivity index (χ2n) is 6.04. The van der Waals surface area contributed by atoms with Crippen LogP contribution in [0.3, 0.4) is 0 Å². The zero-order chi connectivity index (χ0) is 14.9. The molecule has 0 unspecified atom stereocenters. The van der Waals surface area contributed by atoms with Crippen LogP contribution < -0.4 is 10.6 Å². The number of nitrogens with one attached hydrogen (secondary N) is 2. The topological polar surface area (TPSA) is 40.2 Å². The molecular formula is C16H20N4S. The van der Waals surface area contributed by atoms with Crippen molar-refractivity contribution < 1.29 is 0 Å². The highest BCUT2D eigenvalue weighted by molar-refractivity contribution is 7.80. The van der Waals surface area contributed by atoms with E-state index in [1.807, 2.05) is 30.5 Å². The van der Waals surface area contributed by atoms with E-state index in [2.05, 4.69) is 40.4 Å². The molecule has 21 heavy (non-hydrogen) atoms. The number of hydrogen-bond donors (Lipinski definition) is 2. The van der Waals surface area contributed by atoms with Gasteiger partial charge in [0.25, 0.3) is 0 Å². The molecule has 0 radical (unpaired) electrons. The SMILES string of the molecule is CC1(C)CN(C(=S)Nc2cccc3ncccc23)CCN1. The molecule has 1 saturated heterocycles. The van der Waals surface area contributed by atoms with Gasteiger partial charge in [0.1, 0.15) is 0 Å². The van der Waals surface area contributed by atoms with Gasteiger partial charge in [-0.05, 0) is 50.3 Å². The summed E-state index contributed by atoms with van der Waals surface area (Å²) in [5.41, 5.74) is 2.08. The summed E-state index contributed by atoms with van der Waals surface area (Å²) in [4.78, 5) is 6.60. The third-order valence-corrected chi connectivity index (χ3v) is 4.11. The van der Waals surface area contributed by atoms with Crippen LogP contribution in [0.4, 0.5) is 5.69 Å². The standard InChI is InChI=1S/C16H20N4S/c1-16(2)11-20(10-9-18-16)15(21)19-14-7-3-6-13-12(14)5-4-8-17-13/h3-8,18H,9-11H2,1-2H3,(H,19,21). The third kappa shape index (κ3) is 3.14. The number of pyridine rings is 1. The first-order valence-corrected chi connectivity index (χ1v) is 7.61. The molecule has 5 heteroatoms. The summed E-state index contributed by atoms with van der Waals surface area (Å²) < 4.78 is 0. The first-order chi connectivity index (χ1) is 10.1. The van der Waals surface area contributed by atoms with Crippen LogP contribution in [0.2, 0.25) is 0 Å². The smallest absolute Gasteiger partial charge is 0.173 e. The van der Waals surface area contributed by atoms with Gasteiger partial charge in [-0.2, -0.15) is 0 Å². The summed E-state index contributed by atoms with van der Waals surface area (Å²) in [6.45, 7) is 7.18. The van der Waals surface area contributed by atoms with Gasteiger partial charge in [-0.3, -0.25) is 4.98 Å². The van der Waals surface area contributed by atoms with Crippen LogP contribution in [0.5, 0.6) is 0 Å². The Kier molecular flexibility index (Phi) is 3.78. The normalized spacial score (nSPS) is 17.7. The molecule has 110 valence electrons. The number of piperazine rings is 1. The molecular weight excluding hydrogens is 280 g/mol. The predicted molar refractivity (Wildman–Crippen MR) is 91.6 cm³/mol. The quantitative estimate of drug-likeness (QED) is 0.792. The van der Waals surface area contributed by atoms with E-state index in [4.69, 9.17) is 12.2 Å². The third-order valence-electron chi connectivity index (χ3n) is 3.75. The maximum Gasteiger partial charge on any atom is 0.173 e. The van der Waals surface area contributed by atoms with E-state index >= 15 is 0 Å². The van der Waals surface area contributed by atoms with Crippen LogP contribution >= 0.6 is 12.2 Å². The Labute approximate surface area is 130 Å². The molecule has 1 fully saturated rings. The van der Waals surface area contributed by atoms with Crippen molar-refractivity contribution >= 4 is 33.9 Å². The molecule has 2 N–H and O–H groups in total. The molecule has 0 atom stereocenters. The minimum absolute atomic E-state index is 0.0876. The Hall–Kier alpha value is -1.72. The van der Waals surface area contributed by atoms with Crippen molar-refractivity contribution in [3.63, 3.8) is 0 Å². The lowest BCUT2D eigenvalue weighted by Crippen LogP contribution is -2.59. The lowest BCUT2D eigenvalue weighted by atomic mass is 10.0. The van der Waals surface area contributed by atoms with Crippen LogP contribution in [0, 0.1) is 0 Å². The van der Waals surface area contributed by atoms with Gasteiger partial charge >= 0.3 is 0 Å². The van der Waals surface area contributed by atoms with Crippen LogP contribution in [0.15, 0.2) is 36.5 Å². The Bertz CT molecular complexity index is 663. The van der Waals surface area contributed by atoms with Crippen molar-refractivity contribution in [3.8, 4) is 0 Å². The van der Waals surface area contributed by atoms with Crippen LogP contribution in [-0.2, 0) is 0 Å². The fourth-order valence-corrected chi connectivity index (χ4v) is 2.99. The van der Waals surface area contributed by atoms with Gasteiger partial charge in [-0.15, -0.1) is 0 Å². The molecule has 1 aromatic carbocycles. The van der Waals surface area contributed by atoms with E-state index in [1.54, 1.807) is 0 Å². The highest BCUT2D eigenvalue weighted by Gasteiger charge is 2.27. The van der Waals surface area contributed by atoms with Crippen LogP contribution in [0.25, 0.3) is 10.9 Å². The molecule has 0 spiro atoms. The fourth-order valence-electron chi connectivity index (χ4n) is 2.72. The Balaban J connectivity index is 1.80. The van der Waals surface area contributed by atoms with E-state index in [-0.39, 0.29) is 5.54 Å². The second-order valence-corrected chi connectivity index (χ2v) is 6.42. The van der Waals surface area contributed by atoms with Crippen molar-refractivity contribution in [2.75, 3.05) is 25.0 Å². The van der Waals surface area contributed by atoms with Crippen molar-refractivity contribution in [2.24, 2.45) is 0 Å². The van der Waals surface area contributed by atoms with Crippen molar-refractivity contribution in [1.82, 2.24) is 15.2 Å². The first kappa shape index (κ1) is 14.2. The largest absolute Gasteiger partial charge is 0.346 e. The van der Waals surface area contributed by atoms with Gasteiger partial charge in [0.15, 0.2) is 5.11 Å². The number of thiocarbonyl (C=S) groups is 1. The number of anilines is 1. The molecule has 0 amide bonds. The minimum atomic E-state index is 0.0876. The monoisotopic (exact) mass is 300 g/mol. The number of benzene rings is 1. The lowest BCUT2D eigenvalue weighted by Gasteiger charge is -2.40. The number of rotatable bonds is 1. The number of nitrogens with zero attached hydrogens (tertiary/aromatic N) is 2. The summed E-state index contributed by atoms with van der Waals surface area (Å²) >= 11 is 5.59. The summed E-state index contributed by atoms with van der Waals surface area (Å²) in [5, 5.41) is 8.75. The average Bonchev–Trinajstić information content (AvgIpc) is 2.46. The highest BCUT2D eigenvalue weighted by atomic mass is 32.1. The van der Waals surface area contributed by atoms with Crippen LogP contribution in [0.1, 0.15) is 13.8 Å². The van der Waals surface area contributed by atoms with E-state index in [0.29, 0.717) is 0 Å². The molecule has 1 aromatic heterocycles. The molecule has 3 rings (SSSR count). The Morgan fingerprint density at radius 3 is 3.00 bits per heavy atom. The molecule has 2 aromatic rings. The first-order valence-electron chi connectivity index (χ1n) is 7.20. The highest BCUT2D eigenvalue weighted by Crippen LogP contribution is 2.22. The van der Waals surface area contributed by atoms with Crippen molar-refractivity contribution in [3.05, 3.63) is 36.5 Å². The van der Waals surface area contributed by atoms with Gasteiger partial charge in [0.05, 0.1) is 5.52 Å². The number of fused-ring (bicyclic) bond motifs is 1. The molecule has 4 nitrogen and oxygen atoms in total. The Morgan fingerprint density at radius 1 is 1.33 bits per heavy atom. The number of aromatic nitrogens is 1. The summed E-state index contributed by atoms with van der Waals surface area (Å²) in [6.07, 6.45) is 1.81. The number of hydrogen-bond acceptors (Lipinski definition) is 3. The predicted octanol–water partition coefficient (Wildman–Crippen LogP) is 2.62. The minimum Gasteiger partial charge on any atom is -0.346 e. The molecule has 0 aliphatic carbocycles. The Morgan fingerprint density at radius 2 is 2.19 bits per heavy atom. The van der Waals surface area contributed by atoms with Gasteiger partial charge in [-0.25, -0.2) is 0 Å². The zero-order valence-electron chi connectivity index (χ0n) is 12.4. The average molecular weight is 300 g/mol. The van der Waals surface area contributed by atoms with Crippen molar-refractivity contribution in [1.29, 1.82) is 0 Å². The van der Waals surface area contributed by atoms with Crippen LogP contribution in [-0.4, -0.2) is 40.2 Å². The molecule has 1 aliphatic rings. The fraction of sp³-hybridized carbons (Fsp3) is 0.375. The van der Waals surface area contributed by atoms with Gasteiger partial charge < -0.3 is 15.5 Å². The molecule has 0 saturated carbocycles. The lowest BCUT2D eigenvalue weighted by molar-refractivity contribution is 0.228. The summed E-state index contributed by atoms with van der Waals surface area (Å²) in [6, 6.07) is 10.1. The van der Waals surface area contributed by atoms with E-state index < -0.39 is 0 Å². The maximum atomic E-state index is 5.59. The summed E-state index contributed by atoms with van der Waals surface area (Å²) in [5.74, 6) is 0. The molecule has 2 heterocycles. The molecule has 1 aliphatic heterocycles. The summed E-state index contributed by atoms with van der Waals surface area (Å²) in [7, 11) is 0.